The fraction of sp³-hybridized carbons (Fsp3) is 1.00. The molecule has 0 N–H and O–H groups in total. The second-order valence-electron chi connectivity index (χ2n) is 3.15. The average Bonchev–Trinajstić information content (AvgIpc) is 1.87. The van der Waals surface area contributed by atoms with Gasteiger partial charge in [0.25, 0.3) is 0 Å². The molecule has 0 heterocycles. The molecule has 0 radical (unpaired) electrons. The van der Waals surface area contributed by atoms with Gasteiger partial charge in [0.15, 0.2) is 0 Å². The Kier molecular flexibility index (Phi) is 5.64. The lowest BCUT2D eigenvalue weighted by Gasteiger charge is -2.16. The van der Waals surface area contributed by atoms with E-state index in [0.717, 1.165) is 11.8 Å². The zero-order chi connectivity index (χ0) is 7.28. The maximum absolute atomic E-state index is 2.38. The van der Waals surface area contributed by atoms with Gasteiger partial charge in [0.05, 0.1) is 0 Å². The first-order chi connectivity index (χ1) is 4.22. The van der Waals surface area contributed by atoms with Gasteiger partial charge in [-0.3, -0.25) is 0 Å². The van der Waals surface area contributed by atoms with Crippen molar-refractivity contribution in [2.75, 3.05) is 0 Å². The molecule has 54 valence electrons. The summed E-state index contributed by atoms with van der Waals surface area (Å²) in [5, 5.41) is 1.47. The van der Waals surface area contributed by atoms with Gasteiger partial charge in [0, 0.05) is 0 Å². The molecule has 2 atom stereocenters. The molecule has 0 saturated carbocycles. The number of rotatable bonds is 4. The van der Waals surface area contributed by atoms with Crippen molar-refractivity contribution in [1.29, 1.82) is 0 Å². The fourth-order valence-electron chi connectivity index (χ4n) is 1.14. The molecule has 2 unspecified atom stereocenters. The van der Waals surface area contributed by atoms with Gasteiger partial charge < -0.3 is 0 Å². The van der Waals surface area contributed by atoms with Crippen molar-refractivity contribution in [3.05, 3.63) is 0 Å². The van der Waals surface area contributed by atoms with E-state index in [2.05, 4.69) is 20.8 Å². The minimum atomic E-state index is 0.965. The fourth-order valence-corrected chi connectivity index (χ4v) is 1.95. The lowest BCUT2D eigenvalue weighted by atomic mass is 9.93. The largest absolute Gasteiger partial charge is 0.212 e. The van der Waals surface area contributed by atoms with E-state index in [1.54, 1.807) is 0 Å². The molecular weight excluding hydrogens is 123 g/mol. The van der Waals surface area contributed by atoms with Crippen LogP contribution in [0.4, 0.5) is 0 Å². The third kappa shape index (κ3) is 4.01. The third-order valence-electron chi connectivity index (χ3n) is 2.36. The summed E-state index contributed by atoms with van der Waals surface area (Å²) < 4.78 is 0. The Morgan fingerprint density at radius 2 is 1.78 bits per heavy atom. The number of hydrogen-bond acceptors (Lipinski definition) is 0. The van der Waals surface area contributed by atoms with Crippen LogP contribution >= 0.6 is 0 Å². The average molecular weight is 142 g/mol. The summed E-state index contributed by atoms with van der Waals surface area (Å²) in [5.74, 6) is 1.95. The Morgan fingerprint density at radius 1 is 1.22 bits per heavy atom. The van der Waals surface area contributed by atoms with E-state index < -0.39 is 0 Å². The molecule has 0 fully saturated rings. The molecule has 0 amide bonds. The van der Waals surface area contributed by atoms with Gasteiger partial charge >= 0.3 is 0 Å². The van der Waals surface area contributed by atoms with E-state index >= 15 is 0 Å². The summed E-state index contributed by atoms with van der Waals surface area (Å²) in [4.78, 5) is 0. The van der Waals surface area contributed by atoms with E-state index in [4.69, 9.17) is 0 Å². The molecule has 0 aromatic carbocycles. The quantitative estimate of drug-likeness (QED) is 0.527. The normalized spacial score (nSPS) is 17.2. The van der Waals surface area contributed by atoms with Crippen molar-refractivity contribution in [1.82, 2.24) is 0 Å². The van der Waals surface area contributed by atoms with Crippen molar-refractivity contribution in [3.8, 4) is 0 Å². The van der Waals surface area contributed by atoms with Gasteiger partial charge in [-0.25, -0.2) is 0 Å². The lowest BCUT2D eigenvalue weighted by Crippen LogP contribution is -2.06. The summed E-state index contributed by atoms with van der Waals surface area (Å²) >= 11 is 1.38. The van der Waals surface area contributed by atoms with Crippen LogP contribution in [0.2, 0.25) is 5.28 Å². The van der Waals surface area contributed by atoms with Crippen molar-refractivity contribution in [2.24, 2.45) is 11.8 Å². The molecule has 0 aromatic heterocycles. The number of hydrogen-bond donors (Lipinski definition) is 0. The molecule has 0 spiro atoms. The molecule has 0 nitrogen and oxygen atoms in total. The highest BCUT2D eigenvalue weighted by molar-refractivity contribution is 6.08. The van der Waals surface area contributed by atoms with Crippen LogP contribution in [0.25, 0.3) is 0 Å². The Bertz CT molecular complexity index is 61.6. The van der Waals surface area contributed by atoms with E-state index in [1.807, 2.05) is 0 Å². The molecular formula is C8H19Al. The second-order valence-corrected chi connectivity index (χ2v) is 3.97. The smallest absolute Gasteiger partial charge is 0.0985 e. The van der Waals surface area contributed by atoms with Crippen LogP contribution in [0.15, 0.2) is 0 Å². The predicted molar refractivity (Wildman–Crippen MR) is 46.6 cm³/mol. The highest BCUT2D eigenvalue weighted by Gasteiger charge is 2.07. The summed E-state index contributed by atoms with van der Waals surface area (Å²) in [6, 6.07) is 0. The van der Waals surface area contributed by atoms with Crippen LogP contribution in [-0.2, 0) is 0 Å². The van der Waals surface area contributed by atoms with Crippen LogP contribution in [0.1, 0.15) is 33.6 Å². The minimum absolute atomic E-state index is 0.965. The summed E-state index contributed by atoms with van der Waals surface area (Å²) in [5.41, 5.74) is 0. The maximum Gasteiger partial charge on any atom is 0.212 e. The van der Waals surface area contributed by atoms with Crippen molar-refractivity contribution in [2.45, 2.75) is 38.9 Å². The molecule has 0 aliphatic heterocycles. The Balaban J connectivity index is 3.32. The van der Waals surface area contributed by atoms with Gasteiger partial charge in [-0.05, 0) is 5.92 Å². The van der Waals surface area contributed by atoms with E-state index in [9.17, 15) is 0 Å². The topological polar surface area (TPSA) is 0 Å². The van der Waals surface area contributed by atoms with Gasteiger partial charge in [-0.2, -0.15) is 0 Å². The highest BCUT2D eigenvalue weighted by atomic mass is 27.0. The summed E-state index contributed by atoms with van der Waals surface area (Å²) in [6.07, 6.45) is 2.77. The summed E-state index contributed by atoms with van der Waals surface area (Å²) in [7, 11) is 0. The standard InChI is InChI=1S/C8H17.Al.2H/c1-5-6-8(4)7(2)3;;;/h7-8H,2,5-6H2,1,3-4H3;;;. The molecule has 0 aromatic rings. The van der Waals surface area contributed by atoms with Gasteiger partial charge in [0.1, 0.15) is 0 Å². The molecule has 0 rings (SSSR count). The predicted octanol–water partition coefficient (Wildman–Crippen LogP) is 2.11. The van der Waals surface area contributed by atoms with E-state index in [0.29, 0.717) is 0 Å². The lowest BCUT2D eigenvalue weighted by molar-refractivity contribution is 0.389. The zero-order valence-electron chi connectivity index (χ0n) is 7.28. The third-order valence-corrected chi connectivity index (χ3v) is 3.65. The van der Waals surface area contributed by atoms with Crippen molar-refractivity contribution in [3.63, 3.8) is 0 Å². The van der Waals surface area contributed by atoms with E-state index in [1.165, 1.54) is 34.4 Å². The first-order valence-corrected chi connectivity index (χ1v) is 5.63. The van der Waals surface area contributed by atoms with Crippen LogP contribution < -0.4 is 0 Å². The molecule has 0 bridgehead atoms. The SMILES string of the molecule is CCCC(C)C(C)[CH2][AlH2]. The van der Waals surface area contributed by atoms with Crippen LogP contribution in [0, 0.1) is 11.8 Å². The molecule has 9 heavy (non-hydrogen) atoms. The molecule has 0 aliphatic rings. The minimum Gasteiger partial charge on any atom is -0.0985 e. The zero-order valence-corrected chi connectivity index (χ0v) is 9.28. The Labute approximate surface area is 67.5 Å². The monoisotopic (exact) mass is 142 g/mol. The first kappa shape index (κ1) is 9.53. The molecule has 0 saturated heterocycles. The van der Waals surface area contributed by atoms with Gasteiger partial charge in [-0.15, -0.1) is 0 Å². The molecule has 1 heteroatoms. The molecule has 0 aliphatic carbocycles. The maximum atomic E-state index is 2.38. The van der Waals surface area contributed by atoms with Crippen molar-refractivity contribution < 1.29 is 0 Å². The van der Waals surface area contributed by atoms with Crippen LogP contribution in [0.5, 0.6) is 0 Å². The van der Waals surface area contributed by atoms with Crippen molar-refractivity contribution >= 4 is 16.3 Å². The van der Waals surface area contributed by atoms with Crippen LogP contribution in [-0.4, -0.2) is 16.3 Å². The van der Waals surface area contributed by atoms with Crippen LogP contribution in [0.3, 0.4) is 0 Å². The second kappa shape index (κ2) is 5.33. The van der Waals surface area contributed by atoms with Gasteiger partial charge in [-0.1, -0.05) is 44.8 Å². The Morgan fingerprint density at radius 3 is 2.11 bits per heavy atom. The first-order valence-electron chi connectivity index (χ1n) is 4.22. The summed E-state index contributed by atoms with van der Waals surface area (Å²) in [6.45, 7) is 7.04. The highest BCUT2D eigenvalue weighted by Crippen LogP contribution is 2.18. The van der Waals surface area contributed by atoms with Gasteiger partial charge in [0.2, 0.25) is 16.3 Å². The van der Waals surface area contributed by atoms with E-state index in [-0.39, 0.29) is 0 Å². The Hall–Kier alpha value is 0.532.